The summed E-state index contributed by atoms with van der Waals surface area (Å²) in [4.78, 5) is 12.7. The molecule has 8 heteroatoms. The number of aryl methyl sites for hydroxylation is 1. The topological polar surface area (TPSA) is 88.1 Å². The Morgan fingerprint density at radius 3 is 2.19 bits per heavy atom. The van der Waals surface area contributed by atoms with Crippen LogP contribution >= 0.6 is 0 Å². The lowest BCUT2D eigenvalue weighted by Crippen LogP contribution is -2.39. The van der Waals surface area contributed by atoms with Gasteiger partial charge in [0.25, 0.3) is 15.9 Å². The minimum Gasteiger partial charge on any atom is -0.497 e. The van der Waals surface area contributed by atoms with E-state index in [4.69, 9.17) is 4.74 Å². The summed E-state index contributed by atoms with van der Waals surface area (Å²) >= 11 is 0. The van der Waals surface area contributed by atoms with E-state index in [1.807, 2.05) is 31.2 Å². The molecule has 0 spiro atoms. The zero-order chi connectivity index (χ0) is 23.1. The quantitative estimate of drug-likeness (QED) is 0.417. The molecule has 0 atom stereocenters. The van der Waals surface area contributed by atoms with Gasteiger partial charge in [-0.05, 0) is 55.8 Å². The normalized spacial score (nSPS) is 11.7. The fraction of sp³-hybridized carbons (Fsp3) is 0.167. The van der Waals surface area contributed by atoms with E-state index in [0.29, 0.717) is 17.1 Å². The van der Waals surface area contributed by atoms with Gasteiger partial charge in [0.1, 0.15) is 12.3 Å². The zero-order valence-electron chi connectivity index (χ0n) is 18.1. The van der Waals surface area contributed by atoms with E-state index in [1.54, 1.807) is 49.4 Å². The van der Waals surface area contributed by atoms with Gasteiger partial charge in [-0.25, -0.2) is 13.8 Å². The van der Waals surface area contributed by atoms with Gasteiger partial charge in [0, 0.05) is 0 Å². The number of hydrogen-bond donors (Lipinski definition) is 1. The highest BCUT2D eigenvalue weighted by atomic mass is 32.2. The summed E-state index contributed by atoms with van der Waals surface area (Å²) in [6.45, 7) is 3.33. The van der Waals surface area contributed by atoms with Gasteiger partial charge in [-0.1, -0.05) is 48.0 Å². The molecule has 0 bridgehead atoms. The van der Waals surface area contributed by atoms with Crippen molar-refractivity contribution in [2.24, 2.45) is 5.10 Å². The Bertz CT molecular complexity index is 1190. The summed E-state index contributed by atoms with van der Waals surface area (Å²) in [6.07, 6.45) is 0. The van der Waals surface area contributed by atoms with Crippen LogP contribution in [0.3, 0.4) is 0 Å². The number of sulfonamides is 1. The standard InChI is InChI=1S/C24H25N3O4S/c1-18-9-11-20(12-10-18)19(2)25-26-24(28)17-27(21-7-5-4-6-8-21)32(29,30)23-15-13-22(31-3)14-16-23/h4-16H,17H2,1-3H3,(H,26,28)/b25-19-. The Morgan fingerprint density at radius 2 is 1.59 bits per heavy atom. The summed E-state index contributed by atoms with van der Waals surface area (Å²) in [5, 5.41) is 4.13. The van der Waals surface area contributed by atoms with Crippen molar-refractivity contribution in [1.82, 2.24) is 5.43 Å². The molecule has 1 N–H and O–H groups in total. The molecule has 0 aliphatic carbocycles. The van der Waals surface area contributed by atoms with Gasteiger partial charge in [0.2, 0.25) is 0 Å². The maximum atomic E-state index is 13.3. The van der Waals surface area contributed by atoms with Gasteiger partial charge < -0.3 is 4.74 Å². The lowest BCUT2D eigenvalue weighted by molar-refractivity contribution is -0.119. The largest absolute Gasteiger partial charge is 0.497 e. The number of hydrazone groups is 1. The predicted molar refractivity (Wildman–Crippen MR) is 126 cm³/mol. The second-order valence-electron chi connectivity index (χ2n) is 7.12. The number of carbonyl (C=O) groups is 1. The third-order valence-corrected chi connectivity index (χ3v) is 6.58. The maximum Gasteiger partial charge on any atom is 0.264 e. The van der Waals surface area contributed by atoms with Gasteiger partial charge in [-0.15, -0.1) is 0 Å². The second kappa shape index (κ2) is 10.1. The molecule has 3 aromatic rings. The van der Waals surface area contributed by atoms with E-state index in [-0.39, 0.29) is 4.90 Å². The molecule has 166 valence electrons. The van der Waals surface area contributed by atoms with E-state index in [2.05, 4.69) is 10.5 Å². The third-order valence-electron chi connectivity index (χ3n) is 4.80. The molecule has 0 unspecified atom stereocenters. The number of nitrogens with one attached hydrogen (secondary N) is 1. The Morgan fingerprint density at radius 1 is 0.969 bits per heavy atom. The van der Waals surface area contributed by atoms with Crippen molar-refractivity contribution in [1.29, 1.82) is 0 Å². The smallest absolute Gasteiger partial charge is 0.264 e. The lowest BCUT2D eigenvalue weighted by Gasteiger charge is -2.23. The summed E-state index contributed by atoms with van der Waals surface area (Å²) in [6, 6.07) is 22.2. The number of rotatable bonds is 8. The molecule has 0 saturated carbocycles. The molecule has 7 nitrogen and oxygen atoms in total. The van der Waals surface area contributed by atoms with Crippen LogP contribution in [0.1, 0.15) is 18.1 Å². The Balaban J connectivity index is 1.84. The number of benzene rings is 3. The molecular weight excluding hydrogens is 426 g/mol. The number of hydrogen-bond acceptors (Lipinski definition) is 5. The number of ether oxygens (including phenoxy) is 1. The molecular formula is C24H25N3O4S. The molecule has 3 rings (SSSR count). The van der Waals surface area contributed by atoms with Gasteiger partial charge in [-0.2, -0.15) is 5.10 Å². The van der Waals surface area contributed by atoms with Crippen molar-refractivity contribution in [3.05, 3.63) is 90.0 Å². The Labute approximate surface area is 188 Å². The van der Waals surface area contributed by atoms with Crippen molar-refractivity contribution in [2.45, 2.75) is 18.7 Å². The van der Waals surface area contributed by atoms with Crippen molar-refractivity contribution < 1.29 is 17.9 Å². The monoisotopic (exact) mass is 451 g/mol. The summed E-state index contributed by atoms with van der Waals surface area (Å²) in [5.41, 5.74) is 5.43. The first-order valence-corrected chi connectivity index (χ1v) is 11.4. The van der Waals surface area contributed by atoms with Crippen LogP contribution in [0, 0.1) is 6.92 Å². The number of amides is 1. The molecule has 0 radical (unpaired) electrons. The molecule has 0 aliphatic rings. The first-order valence-electron chi connectivity index (χ1n) is 9.93. The van der Waals surface area contributed by atoms with E-state index in [0.717, 1.165) is 15.4 Å². The number of anilines is 1. The van der Waals surface area contributed by atoms with Crippen molar-refractivity contribution in [3.63, 3.8) is 0 Å². The van der Waals surface area contributed by atoms with Crippen LogP contribution in [0.25, 0.3) is 0 Å². The average Bonchev–Trinajstić information content (AvgIpc) is 2.82. The fourth-order valence-electron chi connectivity index (χ4n) is 2.96. The van der Waals surface area contributed by atoms with Crippen molar-refractivity contribution in [3.8, 4) is 5.75 Å². The van der Waals surface area contributed by atoms with Crippen LogP contribution in [0.5, 0.6) is 5.75 Å². The Hall–Kier alpha value is -3.65. The van der Waals surface area contributed by atoms with Crippen LogP contribution in [-0.2, 0) is 14.8 Å². The Kier molecular flexibility index (Phi) is 7.27. The maximum absolute atomic E-state index is 13.3. The average molecular weight is 452 g/mol. The van der Waals surface area contributed by atoms with Gasteiger partial charge in [0.05, 0.1) is 23.4 Å². The van der Waals surface area contributed by atoms with Crippen LogP contribution in [0.15, 0.2) is 88.9 Å². The summed E-state index contributed by atoms with van der Waals surface area (Å²) in [7, 11) is -2.50. The molecule has 1 amide bonds. The fourth-order valence-corrected chi connectivity index (χ4v) is 4.38. The molecule has 0 aliphatic heterocycles. The van der Waals surface area contributed by atoms with E-state index in [1.165, 1.54) is 19.2 Å². The highest BCUT2D eigenvalue weighted by Crippen LogP contribution is 2.24. The van der Waals surface area contributed by atoms with Crippen molar-refractivity contribution >= 4 is 27.3 Å². The van der Waals surface area contributed by atoms with Crippen LogP contribution < -0.4 is 14.5 Å². The lowest BCUT2D eigenvalue weighted by atomic mass is 10.1. The predicted octanol–water partition coefficient (Wildman–Crippen LogP) is 3.74. The highest BCUT2D eigenvalue weighted by Gasteiger charge is 2.27. The summed E-state index contributed by atoms with van der Waals surface area (Å²) < 4.78 is 32.8. The van der Waals surface area contributed by atoms with Crippen LogP contribution in [0.2, 0.25) is 0 Å². The first kappa shape index (κ1) is 23.0. The van der Waals surface area contributed by atoms with Gasteiger partial charge >= 0.3 is 0 Å². The second-order valence-corrected chi connectivity index (χ2v) is 8.98. The van der Waals surface area contributed by atoms with Crippen LogP contribution in [0.4, 0.5) is 5.69 Å². The van der Waals surface area contributed by atoms with Crippen LogP contribution in [-0.4, -0.2) is 33.7 Å². The zero-order valence-corrected chi connectivity index (χ0v) is 19.0. The number of methoxy groups -OCH3 is 1. The molecule has 0 aromatic heterocycles. The van der Waals surface area contributed by atoms with Gasteiger partial charge in [0.15, 0.2) is 0 Å². The van der Waals surface area contributed by atoms with E-state index < -0.39 is 22.5 Å². The molecule has 0 fully saturated rings. The number of para-hydroxylation sites is 1. The van der Waals surface area contributed by atoms with Crippen molar-refractivity contribution in [2.75, 3.05) is 18.0 Å². The molecule has 0 heterocycles. The summed E-state index contributed by atoms with van der Waals surface area (Å²) in [5.74, 6) is -0.0220. The minimum atomic E-state index is -4.00. The molecule has 32 heavy (non-hydrogen) atoms. The molecule has 0 saturated heterocycles. The number of nitrogens with zero attached hydrogens (tertiary/aromatic N) is 2. The molecule has 3 aromatic carbocycles. The number of carbonyl (C=O) groups excluding carboxylic acids is 1. The van der Waals surface area contributed by atoms with E-state index in [9.17, 15) is 13.2 Å². The SMILES string of the molecule is COc1ccc(S(=O)(=O)N(CC(=O)N/N=C(/C)c2ccc(C)cc2)c2ccccc2)cc1. The minimum absolute atomic E-state index is 0.0503. The first-order chi connectivity index (χ1) is 15.3. The third kappa shape index (κ3) is 5.53. The highest BCUT2D eigenvalue weighted by molar-refractivity contribution is 7.92. The van der Waals surface area contributed by atoms with Gasteiger partial charge in [-0.3, -0.25) is 9.10 Å². The van der Waals surface area contributed by atoms with E-state index >= 15 is 0 Å².